The molecule has 0 spiro atoms. The van der Waals surface area contributed by atoms with E-state index in [0.29, 0.717) is 0 Å². The third-order valence-corrected chi connectivity index (χ3v) is 16.2. The molecule has 14 rings (SSSR count). The molecule has 0 N–H and O–H groups in total. The Labute approximate surface area is 345 Å². The lowest BCUT2D eigenvalue weighted by Gasteiger charge is -2.06. The lowest BCUT2D eigenvalue weighted by Crippen LogP contribution is -1.93. The van der Waals surface area contributed by atoms with Crippen molar-refractivity contribution in [2.45, 2.75) is 0 Å². The lowest BCUT2D eigenvalue weighted by molar-refractivity contribution is 1.15. The second-order valence-electron chi connectivity index (χ2n) is 14.9. The van der Waals surface area contributed by atoms with Crippen LogP contribution in [-0.4, -0.2) is 19.1 Å². The fourth-order valence-electron chi connectivity index (χ4n) is 9.28. The molecule has 0 atom stereocenters. The zero-order chi connectivity index (χ0) is 37.6. The Kier molecular flexibility index (Phi) is 6.32. The maximum absolute atomic E-state index is 5.37. The van der Waals surface area contributed by atoms with Crippen molar-refractivity contribution in [3.63, 3.8) is 0 Å². The van der Waals surface area contributed by atoms with Gasteiger partial charge >= 0.3 is 0 Å². The number of aromatic nitrogens is 4. The van der Waals surface area contributed by atoms with Gasteiger partial charge in [0.2, 0.25) is 0 Å². The summed E-state index contributed by atoms with van der Waals surface area (Å²) in [7, 11) is 0. The van der Waals surface area contributed by atoms with Gasteiger partial charge in [0.1, 0.15) is 0 Å². The predicted octanol–water partition coefficient (Wildman–Crippen LogP) is 15.5. The maximum Gasteiger partial charge on any atom is 0.195 e. The first kappa shape index (κ1) is 31.6. The summed E-state index contributed by atoms with van der Waals surface area (Å²) in [5, 5.41) is 12.2. The fourth-order valence-corrected chi connectivity index (χ4v) is 13.6. The summed E-state index contributed by atoms with van der Waals surface area (Å²) >= 11 is 7.26. The molecule has 0 saturated carbocycles. The van der Waals surface area contributed by atoms with E-state index < -0.39 is 0 Å². The minimum atomic E-state index is 0.986. The van der Waals surface area contributed by atoms with E-state index in [1.54, 1.807) is 22.7 Å². The molecule has 6 aromatic heterocycles. The predicted molar refractivity (Wildman–Crippen MR) is 253 cm³/mol. The molecular weight excluding hydrogens is 785 g/mol. The van der Waals surface area contributed by atoms with Crippen LogP contribution in [0.1, 0.15) is 0 Å². The van der Waals surface area contributed by atoms with Crippen LogP contribution < -0.4 is 0 Å². The molecule has 8 heteroatoms. The Morgan fingerprint density at radius 1 is 0.345 bits per heavy atom. The fraction of sp³-hybridized carbons (Fsp3) is 0. The van der Waals surface area contributed by atoms with Crippen molar-refractivity contribution in [2.24, 2.45) is 0 Å². The number of fused-ring (bicyclic) bond motifs is 16. The van der Waals surface area contributed by atoms with Crippen LogP contribution in [0.15, 0.2) is 158 Å². The van der Waals surface area contributed by atoms with Gasteiger partial charge in [-0.1, -0.05) is 114 Å². The van der Waals surface area contributed by atoms with E-state index in [-0.39, 0.29) is 0 Å². The van der Waals surface area contributed by atoms with E-state index in [0.717, 1.165) is 32.4 Å². The largest absolute Gasteiger partial charge is 0.285 e. The third kappa shape index (κ3) is 4.27. The topological polar surface area (TPSA) is 35.6 Å². The minimum Gasteiger partial charge on any atom is -0.285 e. The highest BCUT2D eigenvalue weighted by atomic mass is 32.1. The van der Waals surface area contributed by atoms with Crippen LogP contribution in [0, 0.1) is 0 Å². The number of hydrogen-bond acceptors (Lipinski definition) is 6. The Hall–Kier alpha value is -6.42. The van der Waals surface area contributed by atoms with Crippen molar-refractivity contribution in [3.8, 4) is 21.4 Å². The second-order valence-corrected chi connectivity index (χ2v) is 19.1. The number of thiophene rings is 2. The number of thiazole rings is 2. The van der Waals surface area contributed by atoms with Gasteiger partial charge in [0.25, 0.3) is 0 Å². The average molecular weight is 811 g/mol. The van der Waals surface area contributed by atoms with Crippen molar-refractivity contribution < 1.29 is 0 Å². The summed E-state index contributed by atoms with van der Waals surface area (Å²) in [6, 6.07) is 57.7. The monoisotopic (exact) mass is 810 g/mol. The van der Waals surface area contributed by atoms with Crippen LogP contribution >= 0.6 is 45.3 Å². The molecule has 0 unspecified atom stereocenters. The van der Waals surface area contributed by atoms with Crippen molar-refractivity contribution in [1.82, 2.24) is 19.1 Å². The summed E-state index contributed by atoms with van der Waals surface area (Å²) in [5.74, 6) is 0. The first-order valence-corrected chi connectivity index (χ1v) is 22.5. The van der Waals surface area contributed by atoms with Gasteiger partial charge in [0.15, 0.2) is 10.3 Å². The van der Waals surface area contributed by atoms with Gasteiger partial charge in [-0.15, -0.1) is 22.7 Å². The van der Waals surface area contributed by atoms with Crippen molar-refractivity contribution in [1.29, 1.82) is 0 Å². The smallest absolute Gasteiger partial charge is 0.195 e. The summed E-state index contributed by atoms with van der Waals surface area (Å²) in [6.45, 7) is 0. The van der Waals surface area contributed by atoms with E-state index in [1.165, 1.54) is 93.4 Å². The van der Waals surface area contributed by atoms with Crippen LogP contribution in [0.5, 0.6) is 0 Å². The molecule has 0 aliphatic heterocycles. The van der Waals surface area contributed by atoms with Crippen LogP contribution in [0.2, 0.25) is 0 Å². The van der Waals surface area contributed by atoms with Gasteiger partial charge in [-0.2, -0.15) is 0 Å². The van der Waals surface area contributed by atoms with E-state index >= 15 is 0 Å². The van der Waals surface area contributed by atoms with E-state index in [9.17, 15) is 0 Å². The molecule has 0 bridgehead atoms. The van der Waals surface area contributed by atoms with Gasteiger partial charge < -0.3 is 0 Å². The van der Waals surface area contributed by atoms with Crippen molar-refractivity contribution in [2.75, 3.05) is 0 Å². The van der Waals surface area contributed by atoms with E-state index in [2.05, 4.69) is 167 Å². The van der Waals surface area contributed by atoms with Crippen molar-refractivity contribution in [3.05, 3.63) is 158 Å². The number of benzene rings is 8. The van der Waals surface area contributed by atoms with Gasteiger partial charge in [0, 0.05) is 61.9 Å². The highest BCUT2D eigenvalue weighted by molar-refractivity contribution is 7.27. The van der Waals surface area contributed by atoms with Gasteiger partial charge in [-0.05, 0) is 77.9 Å². The van der Waals surface area contributed by atoms with Crippen LogP contribution in [0.3, 0.4) is 0 Å². The summed E-state index contributed by atoms with van der Waals surface area (Å²) in [6.07, 6.45) is 0. The Morgan fingerprint density at radius 2 is 0.966 bits per heavy atom. The zero-order valence-corrected chi connectivity index (χ0v) is 33.7. The molecule has 58 heavy (non-hydrogen) atoms. The standard InChI is InChI=1S/C50H26N4S4/c1-5-13-37-32(10-1)45-39(22-19-31-29-9-2-6-14-40(29)56-48(31)45)53(37)49-52-36-26-28(18-23-43(36)58-49)27-17-21-38-34(25-27)30-20-24-44-46(33-11-3-7-15-41(33)55-44)47(30)54(38)50-51-35-12-4-8-16-42(35)57-50/h1-26H. The maximum atomic E-state index is 5.37. The van der Waals surface area contributed by atoms with Crippen molar-refractivity contribution >= 4 is 150 Å². The molecule has 0 radical (unpaired) electrons. The summed E-state index contributed by atoms with van der Waals surface area (Å²) in [4.78, 5) is 10.6. The summed E-state index contributed by atoms with van der Waals surface area (Å²) < 4.78 is 12.4. The van der Waals surface area contributed by atoms with Gasteiger partial charge in [-0.25, -0.2) is 9.97 Å². The second kappa shape index (κ2) is 11.6. The summed E-state index contributed by atoms with van der Waals surface area (Å²) in [5.41, 5.74) is 9.13. The van der Waals surface area contributed by atoms with Gasteiger partial charge in [0.05, 0.1) is 42.5 Å². The Morgan fingerprint density at radius 3 is 1.84 bits per heavy atom. The number of para-hydroxylation sites is 2. The highest BCUT2D eigenvalue weighted by Crippen LogP contribution is 2.46. The van der Waals surface area contributed by atoms with E-state index in [1.807, 2.05) is 22.7 Å². The molecule has 0 amide bonds. The molecular formula is C50H26N4S4. The molecule has 6 heterocycles. The Bertz CT molecular complexity index is 4020. The normalized spacial score (nSPS) is 12.5. The average Bonchev–Trinajstić information content (AvgIpc) is 4.11. The van der Waals surface area contributed by atoms with Crippen LogP contribution in [0.25, 0.3) is 126 Å². The molecule has 0 saturated heterocycles. The third-order valence-electron chi connectivity index (χ3n) is 11.8. The Balaban J connectivity index is 0.964. The van der Waals surface area contributed by atoms with Crippen LogP contribution in [0.4, 0.5) is 0 Å². The number of rotatable bonds is 3. The lowest BCUT2D eigenvalue weighted by atomic mass is 10.0. The SMILES string of the molecule is c1ccc2sc(-n3c4ccc(-c5ccc6sc(-n7c8ccccc8c8c9sc%10ccccc%10c9ccc87)nc6c5)cc4c4ccc5sc6ccccc6c5c43)nc2c1. The first-order valence-electron chi connectivity index (χ1n) is 19.2. The number of nitrogens with zero attached hydrogens (tertiary/aromatic N) is 4. The molecule has 0 fully saturated rings. The molecule has 0 aliphatic rings. The number of hydrogen-bond donors (Lipinski definition) is 0. The van der Waals surface area contributed by atoms with Crippen LogP contribution in [-0.2, 0) is 0 Å². The zero-order valence-electron chi connectivity index (χ0n) is 30.4. The highest BCUT2D eigenvalue weighted by Gasteiger charge is 2.22. The molecule has 14 aromatic rings. The molecule has 270 valence electrons. The van der Waals surface area contributed by atoms with E-state index in [4.69, 9.17) is 9.97 Å². The minimum absolute atomic E-state index is 0.986. The van der Waals surface area contributed by atoms with Gasteiger partial charge in [-0.3, -0.25) is 9.13 Å². The first-order chi connectivity index (χ1) is 28.7. The molecule has 4 nitrogen and oxygen atoms in total. The molecule has 8 aromatic carbocycles. The quantitative estimate of drug-likeness (QED) is 0.178. The molecule has 0 aliphatic carbocycles.